The van der Waals surface area contributed by atoms with Crippen molar-refractivity contribution >= 4 is 39.2 Å². The van der Waals surface area contributed by atoms with Gasteiger partial charge in [0.05, 0.1) is 11.9 Å². The molecule has 0 bridgehead atoms. The van der Waals surface area contributed by atoms with Gasteiger partial charge in [0.1, 0.15) is 10.6 Å². The molecule has 0 aromatic carbocycles. The number of aromatic nitrogens is 2. The molecule has 0 fully saturated rings. The number of rotatable bonds is 4. The van der Waals surface area contributed by atoms with Crippen molar-refractivity contribution in [3.63, 3.8) is 0 Å². The predicted molar refractivity (Wildman–Crippen MR) is 86.3 cm³/mol. The number of nitrogen functional groups attached to an aromatic ring is 1. The third-order valence-corrected chi connectivity index (χ3v) is 3.52. The molecule has 21 heavy (non-hydrogen) atoms. The van der Waals surface area contributed by atoms with Gasteiger partial charge in [-0.25, -0.2) is 10.8 Å². The Morgan fingerprint density at radius 2 is 2.10 bits per heavy atom. The lowest BCUT2D eigenvalue weighted by Gasteiger charge is -2.20. The van der Waals surface area contributed by atoms with Crippen LogP contribution in [0.1, 0.15) is 25.6 Å². The van der Waals surface area contributed by atoms with Gasteiger partial charge >= 0.3 is 0 Å². The van der Waals surface area contributed by atoms with Crippen molar-refractivity contribution < 1.29 is 4.79 Å². The summed E-state index contributed by atoms with van der Waals surface area (Å²) < 4.78 is 0. The Balaban J connectivity index is 2.19. The number of carbonyl (C=O) groups is 1. The van der Waals surface area contributed by atoms with Crippen molar-refractivity contribution in [1.82, 2.24) is 15.3 Å². The number of nitrogens with one attached hydrogen (secondary N) is 3. The molecule has 114 valence electrons. The number of carbonyl (C=O) groups excluding carboxylic acids is 1. The molecule has 1 amide bonds. The van der Waals surface area contributed by atoms with E-state index < -0.39 is 0 Å². The molecule has 5 N–H and O–H groups in total. The monoisotopic (exact) mass is 308 g/mol. The second kappa shape index (κ2) is 5.82. The average Bonchev–Trinajstić information content (AvgIpc) is 2.73. The standard InChI is InChI=1S/C13H20N6OS/c1-7-5-8-10(15-6-9(20)18-13(2,3)4)16-12(19-14)17-11(8)21-7/h5H,6,14H2,1-4H3,(H,18,20)(H2,15,16,17,19). The van der Waals surface area contributed by atoms with Crippen molar-refractivity contribution in [1.29, 1.82) is 0 Å². The summed E-state index contributed by atoms with van der Waals surface area (Å²) in [5.41, 5.74) is 2.18. The third-order valence-electron chi connectivity index (χ3n) is 2.58. The van der Waals surface area contributed by atoms with Gasteiger partial charge in [-0.1, -0.05) is 0 Å². The Labute approximate surface area is 127 Å². The van der Waals surface area contributed by atoms with Gasteiger partial charge < -0.3 is 10.6 Å². The van der Waals surface area contributed by atoms with Gasteiger partial charge in [0.25, 0.3) is 0 Å². The quantitative estimate of drug-likeness (QED) is 0.505. The molecule has 2 aromatic heterocycles. The molecule has 2 rings (SSSR count). The number of amides is 1. The maximum atomic E-state index is 11.9. The van der Waals surface area contributed by atoms with Crippen LogP contribution in [0.25, 0.3) is 10.2 Å². The summed E-state index contributed by atoms with van der Waals surface area (Å²) in [4.78, 5) is 22.4. The second-order valence-electron chi connectivity index (χ2n) is 5.77. The highest BCUT2D eigenvalue weighted by atomic mass is 32.1. The topological polar surface area (TPSA) is 105 Å². The van der Waals surface area contributed by atoms with Crippen LogP contribution in [0, 0.1) is 6.92 Å². The highest BCUT2D eigenvalue weighted by molar-refractivity contribution is 7.18. The molecule has 2 aromatic rings. The fraction of sp³-hybridized carbons (Fsp3) is 0.462. The summed E-state index contributed by atoms with van der Waals surface area (Å²) in [5.74, 6) is 6.21. The average molecular weight is 308 g/mol. The smallest absolute Gasteiger partial charge is 0.240 e. The Bertz CT molecular complexity index is 660. The largest absolute Gasteiger partial charge is 0.360 e. The molecule has 8 heteroatoms. The minimum Gasteiger partial charge on any atom is -0.360 e. The number of nitrogens with two attached hydrogens (primary N) is 1. The number of hydrazine groups is 1. The molecule has 0 unspecified atom stereocenters. The van der Waals surface area contributed by atoms with Gasteiger partial charge in [0.15, 0.2) is 0 Å². The molecule has 0 aliphatic rings. The molecule has 0 atom stereocenters. The van der Waals surface area contributed by atoms with Crippen LogP contribution in [0.5, 0.6) is 0 Å². The number of hydrogen-bond donors (Lipinski definition) is 4. The second-order valence-corrected chi connectivity index (χ2v) is 7.00. The number of aryl methyl sites for hydroxylation is 1. The summed E-state index contributed by atoms with van der Waals surface area (Å²) in [5, 5.41) is 6.82. The molecule has 0 saturated heterocycles. The first-order valence-electron chi connectivity index (χ1n) is 6.58. The van der Waals surface area contributed by atoms with E-state index in [1.54, 1.807) is 11.3 Å². The van der Waals surface area contributed by atoms with Gasteiger partial charge in [-0.15, -0.1) is 11.3 Å². The SMILES string of the molecule is Cc1cc2c(NCC(=O)NC(C)(C)C)nc(NN)nc2s1. The van der Waals surface area contributed by atoms with Crippen LogP contribution in [0.3, 0.4) is 0 Å². The van der Waals surface area contributed by atoms with E-state index >= 15 is 0 Å². The lowest BCUT2D eigenvalue weighted by molar-refractivity contribution is -0.120. The Kier molecular flexibility index (Phi) is 4.29. The van der Waals surface area contributed by atoms with Crippen molar-refractivity contribution in [3.05, 3.63) is 10.9 Å². The molecule has 0 spiro atoms. The van der Waals surface area contributed by atoms with Crippen molar-refractivity contribution in [2.75, 3.05) is 17.3 Å². The lowest BCUT2D eigenvalue weighted by atomic mass is 10.1. The van der Waals surface area contributed by atoms with Gasteiger partial charge in [0.2, 0.25) is 11.9 Å². The zero-order chi connectivity index (χ0) is 15.6. The van der Waals surface area contributed by atoms with Gasteiger partial charge in [0, 0.05) is 10.4 Å². The minimum absolute atomic E-state index is 0.0940. The number of nitrogens with zero attached hydrogens (tertiary/aromatic N) is 2. The number of hydrogen-bond acceptors (Lipinski definition) is 7. The highest BCUT2D eigenvalue weighted by Gasteiger charge is 2.15. The summed E-state index contributed by atoms with van der Waals surface area (Å²) in [7, 11) is 0. The van der Waals surface area contributed by atoms with Crippen LogP contribution in [-0.4, -0.2) is 28.0 Å². The molecular weight excluding hydrogens is 288 g/mol. The minimum atomic E-state index is -0.261. The van der Waals surface area contributed by atoms with Crippen molar-refractivity contribution in [2.45, 2.75) is 33.2 Å². The van der Waals surface area contributed by atoms with E-state index in [0.717, 1.165) is 15.1 Å². The Hall–Kier alpha value is -1.93. The molecule has 0 aliphatic heterocycles. The fourth-order valence-corrected chi connectivity index (χ4v) is 2.75. The van der Waals surface area contributed by atoms with Crippen LogP contribution in [0.15, 0.2) is 6.07 Å². The van der Waals surface area contributed by atoms with E-state index in [1.165, 1.54) is 0 Å². The Morgan fingerprint density at radius 3 is 2.71 bits per heavy atom. The molecule has 7 nitrogen and oxygen atoms in total. The van der Waals surface area contributed by atoms with E-state index in [4.69, 9.17) is 5.84 Å². The maximum Gasteiger partial charge on any atom is 0.240 e. The summed E-state index contributed by atoms with van der Waals surface area (Å²) >= 11 is 1.55. The van der Waals surface area contributed by atoms with Crippen molar-refractivity contribution in [2.24, 2.45) is 5.84 Å². The van der Waals surface area contributed by atoms with Crippen LogP contribution >= 0.6 is 11.3 Å². The van der Waals surface area contributed by atoms with Crippen LogP contribution in [-0.2, 0) is 4.79 Å². The summed E-state index contributed by atoms with van der Waals surface area (Å²) in [6.45, 7) is 7.95. The molecule has 0 aliphatic carbocycles. The van der Waals surface area contributed by atoms with E-state index in [9.17, 15) is 4.79 Å². The molecular formula is C13H20N6OS. The van der Waals surface area contributed by atoms with Crippen LogP contribution in [0.4, 0.5) is 11.8 Å². The number of fused-ring (bicyclic) bond motifs is 1. The zero-order valence-electron chi connectivity index (χ0n) is 12.6. The van der Waals surface area contributed by atoms with Crippen LogP contribution < -0.4 is 21.9 Å². The lowest BCUT2D eigenvalue weighted by Crippen LogP contribution is -2.43. The maximum absolute atomic E-state index is 11.9. The summed E-state index contributed by atoms with van der Waals surface area (Å²) in [6, 6.07) is 1.99. The summed E-state index contributed by atoms with van der Waals surface area (Å²) in [6.07, 6.45) is 0. The van der Waals surface area contributed by atoms with Crippen LogP contribution in [0.2, 0.25) is 0 Å². The van der Waals surface area contributed by atoms with E-state index in [-0.39, 0.29) is 18.0 Å². The normalized spacial score (nSPS) is 11.5. The van der Waals surface area contributed by atoms with Gasteiger partial charge in [-0.2, -0.15) is 4.98 Å². The first kappa shape index (κ1) is 15.5. The molecule has 0 saturated carbocycles. The first-order chi connectivity index (χ1) is 9.78. The van der Waals surface area contributed by atoms with E-state index in [1.807, 2.05) is 33.8 Å². The van der Waals surface area contributed by atoms with Gasteiger partial charge in [-0.3, -0.25) is 10.2 Å². The van der Waals surface area contributed by atoms with E-state index in [2.05, 4.69) is 26.0 Å². The fourth-order valence-electron chi connectivity index (χ4n) is 1.87. The predicted octanol–water partition coefficient (Wildman–Crippen LogP) is 1.61. The van der Waals surface area contributed by atoms with E-state index in [0.29, 0.717) is 11.8 Å². The van der Waals surface area contributed by atoms with Gasteiger partial charge in [-0.05, 0) is 33.8 Å². The zero-order valence-corrected chi connectivity index (χ0v) is 13.4. The third kappa shape index (κ3) is 4.02. The molecule has 0 radical (unpaired) electrons. The highest BCUT2D eigenvalue weighted by Crippen LogP contribution is 2.29. The number of thiophene rings is 1. The Morgan fingerprint density at radius 1 is 1.38 bits per heavy atom. The first-order valence-corrected chi connectivity index (χ1v) is 7.40. The number of anilines is 2. The molecule has 2 heterocycles. The van der Waals surface area contributed by atoms with Crippen molar-refractivity contribution in [3.8, 4) is 0 Å².